The molecular formula is C18H28N4O. The van der Waals surface area contributed by atoms with Crippen molar-refractivity contribution in [2.24, 2.45) is 0 Å². The summed E-state index contributed by atoms with van der Waals surface area (Å²) in [6.45, 7) is 8.75. The molecular weight excluding hydrogens is 288 g/mol. The summed E-state index contributed by atoms with van der Waals surface area (Å²) in [5.41, 5.74) is 2.27. The Labute approximate surface area is 138 Å². The molecule has 1 fully saturated rings. The average molecular weight is 316 g/mol. The van der Waals surface area contributed by atoms with Crippen LogP contribution in [0.2, 0.25) is 0 Å². The second-order valence-electron chi connectivity index (χ2n) is 6.47. The van der Waals surface area contributed by atoms with Gasteiger partial charge in [-0.05, 0) is 25.6 Å². The Morgan fingerprint density at radius 1 is 1.17 bits per heavy atom. The van der Waals surface area contributed by atoms with Gasteiger partial charge in [0, 0.05) is 38.8 Å². The lowest BCUT2D eigenvalue weighted by atomic mass is 10.3. The Balaban J connectivity index is 1.87. The number of methoxy groups -OCH3 is 1. The Kier molecular flexibility index (Phi) is 5.18. The van der Waals surface area contributed by atoms with Gasteiger partial charge in [-0.15, -0.1) is 0 Å². The molecule has 5 nitrogen and oxygen atoms in total. The summed E-state index contributed by atoms with van der Waals surface area (Å²) < 4.78 is 7.75. The van der Waals surface area contributed by atoms with E-state index >= 15 is 0 Å². The van der Waals surface area contributed by atoms with Gasteiger partial charge in [0.15, 0.2) is 0 Å². The summed E-state index contributed by atoms with van der Waals surface area (Å²) in [4.78, 5) is 9.82. The predicted octanol–water partition coefficient (Wildman–Crippen LogP) is 2.59. The largest absolute Gasteiger partial charge is 0.497 e. The normalized spacial score (nSPS) is 17.0. The third kappa shape index (κ3) is 3.67. The van der Waals surface area contributed by atoms with Crippen LogP contribution in [0, 0.1) is 0 Å². The van der Waals surface area contributed by atoms with E-state index in [-0.39, 0.29) is 0 Å². The molecule has 0 radical (unpaired) electrons. The number of piperazine rings is 1. The monoisotopic (exact) mass is 316 g/mol. The highest BCUT2D eigenvalue weighted by molar-refractivity contribution is 5.77. The maximum atomic E-state index is 5.35. The first-order chi connectivity index (χ1) is 11.2. The van der Waals surface area contributed by atoms with E-state index < -0.39 is 0 Å². The molecule has 0 atom stereocenters. The van der Waals surface area contributed by atoms with Crippen LogP contribution in [-0.4, -0.2) is 59.7 Å². The van der Waals surface area contributed by atoms with Crippen molar-refractivity contribution in [2.45, 2.75) is 32.9 Å². The number of ether oxygens (including phenoxy) is 1. The van der Waals surface area contributed by atoms with Gasteiger partial charge >= 0.3 is 0 Å². The number of hydrogen-bond acceptors (Lipinski definition) is 4. The predicted molar refractivity (Wildman–Crippen MR) is 94.0 cm³/mol. The number of aromatic nitrogens is 2. The Morgan fingerprint density at radius 2 is 1.96 bits per heavy atom. The number of likely N-dealkylation sites (N-methyl/N-ethyl adjacent to an activating group) is 1. The Morgan fingerprint density at radius 3 is 2.65 bits per heavy atom. The highest BCUT2D eigenvalue weighted by Gasteiger charge is 2.18. The minimum Gasteiger partial charge on any atom is -0.497 e. The summed E-state index contributed by atoms with van der Waals surface area (Å²) >= 11 is 0. The van der Waals surface area contributed by atoms with E-state index in [0.29, 0.717) is 0 Å². The molecule has 126 valence electrons. The van der Waals surface area contributed by atoms with Crippen LogP contribution in [0.15, 0.2) is 18.2 Å². The van der Waals surface area contributed by atoms with E-state index in [1.807, 2.05) is 12.1 Å². The number of rotatable bonds is 6. The fourth-order valence-electron chi connectivity index (χ4n) is 3.18. The van der Waals surface area contributed by atoms with Crippen molar-refractivity contribution in [3.8, 4) is 5.75 Å². The number of hydrogen-bond donors (Lipinski definition) is 0. The second kappa shape index (κ2) is 7.32. The smallest absolute Gasteiger partial charge is 0.124 e. The van der Waals surface area contributed by atoms with Crippen molar-refractivity contribution in [1.29, 1.82) is 0 Å². The van der Waals surface area contributed by atoms with Crippen LogP contribution in [0.1, 0.15) is 25.6 Å². The van der Waals surface area contributed by atoms with E-state index in [1.165, 1.54) is 24.2 Å². The SMILES string of the molecule is CCCCn1c(CN2CCN(C)CC2)nc2cc(OC)ccc21. The molecule has 5 heteroatoms. The molecule has 0 saturated carbocycles. The molecule has 1 aliphatic heterocycles. The molecule has 0 bridgehead atoms. The number of fused-ring (bicyclic) bond motifs is 1. The first-order valence-electron chi connectivity index (χ1n) is 8.65. The minimum atomic E-state index is 0.879. The molecule has 0 N–H and O–H groups in total. The van der Waals surface area contributed by atoms with Gasteiger partial charge < -0.3 is 14.2 Å². The highest BCUT2D eigenvalue weighted by Crippen LogP contribution is 2.23. The van der Waals surface area contributed by atoms with E-state index in [9.17, 15) is 0 Å². The fraction of sp³-hybridized carbons (Fsp3) is 0.611. The van der Waals surface area contributed by atoms with Crippen LogP contribution in [0.25, 0.3) is 11.0 Å². The van der Waals surface area contributed by atoms with Crippen LogP contribution < -0.4 is 4.74 Å². The maximum Gasteiger partial charge on any atom is 0.124 e. The van der Waals surface area contributed by atoms with Gasteiger partial charge in [-0.3, -0.25) is 4.90 Å². The zero-order valence-electron chi connectivity index (χ0n) is 14.6. The lowest BCUT2D eigenvalue weighted by Crippen LogP contribution is -2.44. The molecule has 0 unspecified atom stereocenters. The van der Waals surface area contributed by atoms with Gasteiger partial charge in [-0.2, -0.15) is 0 Å². The fourth-order valence-corrected chi connectivity index (χ4v) is 3.18. The maximum absolute atomic E-state index is 5.35. The van der Waals surface area contributed by atoms with Crippen LogP contribution in [0.3, 0.4) is 0 Å². The third-order valence-electron chi connectivity index (χ3n) is 4.73. The molecule has 0 aliphatic carbocycles. The highest BCUT2D eigenvalue weighted by atomic mass is 16.5. The summed E-state index contributed by atoms with van der Waals surface area (Å²) in [5.74, 6) is 2.06. The molecule has 1 aromatic heterocycles. The van der Waals surface area contributed by atoms with Gasteiger partial charge in [0.05, 0.1) is 24.7 Å². The van der Waals surface area contributed by atoms with Gasteiger partial charge in [-0.1, -0.05) is 13.3 Å². The quantitative estimate of drug-likeness (QED) is 0.820. The third-order valence-corrected chi connectivity index (χ3v) is 4.73. The topological polar surface area (TPSA) is 33.5 Å². The summed E-state index contributed by atoms with van der Waals surface area (Å²) in [5, 5.41) is 0. The van der Waals surface area contributed by atoms with E-state index in [1.54, 1.807) is 7.11 Å². The van der Waals surface area contributed by atoms with Crippen molar-refractivity contribution in [3.63, 3.8) is 0 Å². The van der Waals surface area contributed by atoms with Crippen molar-refractivity contribution >= 4 is 11.0 Å². The number of unbranched alkanes of at least 4 members (excludes halogenated alkanes) is 1. The molecule has 23 heavy (non-hydrogen) atoms. The molecule has 0 spiro atoms. The average Bonchev–Trinajstić information content (AvgIpc) is 2.91. The summed E-state index contributed by atoms with van der Waals surface area (Å²) in [6, 6.07) is 6.22. The van der Waals surface area contributed by atoms with Gasteiger partial charge in [0.2, 0.25) is 0 Å². The first kappa shape index (κ1) is 16.3. The Hall–Kier alpha value is -1.59. The number of imidazole rings is 1. The number of nitrogens with zero attached hydrogens (tertiary/aromatic N) is 4. The molecule has 1 saturated heterocycles. The van der Waals surface area contributed by atoms with Crippen LogP contribution in [0.4, 0.5) is 0 Å². The van der Waals surface area contributed by atoms with Crippen LogP contribution in [0.5, 0.6) is 5.75 Å². The van der Waals surface area contributed by atoms with Gasteiger partial charge in [0.25, 0.3) is 0 Å². The second-order valence-corrected chi connectivity index (χ2v) is 6.47. The van der Waals surface area contributed by atoms with Crippen molar-refractivity contribution in [3.05, 3.63) is 24.0 Å². The minimum absolute atomic E-state index is 0.879. The Bertz CT molecular complexity index is 644. The summed E-state index contributed by atoms with van der Waals surface area (Å²) in [6.07, 6.45) is 2.39. The molecule has 2 aromatic rings. The lowest BCUT2D eigenvalue weighted by molar-refractivity contribution is 0.144. The first-order valence-corrected chi connectivity index (χ1v) is 8.65. The van der Waals surface area contributed by atoms with Crippen molar-refractivity contribution < 1.29 is 4.74 Å². The zero-order chi connectivity index (χ0) is 16.2. The van der Waals surface area contributed by atoms with Crippen LogP contribution >= 0.6 is 0 Å². The number of benzene rings is 1. The van der Waals surface area contributed by atoms with Crippen LogP contribution in [-0.2, 0) is 13.1 Å². The van der Waals surface area contributed by atoms with Crippen molar-refractivity contribution in [2.75, 3.05) is 40.3 Å². The summed E-state index contributed by atoms with van der Waals surface area (Å²) in [7, 11) is 3.90. The standard InChI is InChI=1S/C18H28N4O/c1-4-5-8-22-17-7-6-15(23-3)13-16(17)19-18(22)14-21-11-9-20(2)10-12-21/h6-7,13H,4-5,8-12,14H2,1-3H3. The molecule has 1 aliphatic rings. The lowest BCUT2D eigenvalue weighted by Gasteiger charge is -2.32. The molecule has 3 rings (SSSR count). The van der Waals surface area contributed by atoms with E-state index in [0.717, 1.165) is 50.5 Å². The van der Waals surface area contributed by atoms with E-state index in [4.69, 9.17) is 9.72 Å². The van der Waals surface area contributed by atoms with Crippen molar-refractivity contribution in [1.82, 2.24) is 19.4 Å². The zero-order valence-corrected chi connectivity index (χ0v) is 14.6. The molecule has 0 amide bonds. The van der Waals surface area contributed by atoms with E-state index in [2.05, 4.69) is 34.4 Å². The van der Waals surface area contributed by atoms with Gasteiger partial charge in [0.1, 0.15) is 11.6 Å². The number of aryl methyl sites for hydroxylation is 1. The van der Waals surface area contributed by atoms with Gasteiger partial charge in [-0.25, -0.2) is 4.98 Å². The molecule has 2 heterocycles. The molecule has 1 aromatic carbocycles.